The molecule has 0 fully saturated rings. The van der Waals surface area contributed by atoms with E-state index in [1.807, 2.05) is 24.3 Å². The van der Waals surface area contributed by atoms with E-state index < -0.39 is 5.97 Å². The zero-order valence-electron chi connectivity index (χ0n) is 13.0. The molecule has 0 saturated heterocycles. The molecule has 0 spiro atoms. The van der Waals surface area contributed by atoms with E-state index in [9.17, 15) is 15.0 Å². The normalized spacial score (nSPS) is 10.9. The number of nitrogens with zero attached hydrogens (tertiary/aromatic N) is 2. The van der Waals surface area contributed by atoms with Gasteiger partial charge < -0.3 is 15.3 Å². The van der Waals surface area contributed by atoms with Crippen molar-refractivity contribution in [1.29, 1.82) is 0 Å². The minimum atomic E-state index is -1.23. The number of azo groups is 1. The number of hydrogen-bond acceptors (Lipinski definition) is 5. The number of phenols is 2. The summed E-state index contributed by atoms with van der Waals surface area (Å²) in [6.07, 6.45) is 0. The second-order valence-corrected chi connectivity index (χ2v) is 5.30. The Balaban J connectivity index is 1.79. The first-order valence-corrected chi connectivity index (χ1v) is 7.40. The first kappa shape index (κ1) is 16.2. The SMILES string of the molecule is O=C(O)c1cc(N=Nc2ccc(-c3ccc(O)cc3)cc2)ccc1O. The number of aromatic carboxylic acids is 1. The summed E-state index contributed by atoms with van der Waals surface area (Å²) in [5.74, 6) is -1.33. The smallest absolute Gasteiger partial charge is 0.339 e. The Kier molecular flexibility index (Phi) is 4.43. The van der Waals surface area contributed by atoms with Gasteiger partial charge in [-0.25, -0.2) is 4.79 Å². The third-order valence-corrected chi connectivity index (χ3v) is 3.56. The quantitative estimate of drug-likeness (QED) is 0.592. The van der Waals surface area contributed by atoms with Crippen molar-refractivity contribution in [2.45, 2.75) is 0 Å². The third-order valence-electron chi connectivity index (χ3n) is 3.56. The summed E-state index contributed by atoms with van der Waals surface area (Å²) >= 11 is 0. The molecule has 0 saturated carbocycles. The van der Waals surface area contributed by atoms with Crippen molar-refractivity contribution in [3.63, 3.8) is 0 Å². The lowest BCUT2D eigenvalue weighted by atomic mass is 10.1. The Morgan fingerprint density at radius 1 is 0.720 bits per heavy atom. The van der Waals surface area contributed by atoms with Crippen LogP contribution in [0.4, 0.5) is 11.4 Å². The van der Waals surface area contributed by atoms with Gasteiger partial charge in [-0.05, 0) is 53.6 Å². The first-order valence-electron chi connectivity index (χ1n) is 7.40. The maximum absolute atomic E-state index is 11.0. The van der Waals surface area contributed by atoms with Crippen LogP contribution in [-0.4, -0.2) is 21.3 Å². The van der Waals surface area contributed by atoms with Gasteiger partial charge in [-0.15, -0.1) is 0 Å². The zero-order valence-corrected chi connectivity index (χ0v) is 13.0. The van der Waals surface area contributed by atoms with Crippen molar-refractivity contribution in [2.75, 3.05) is 0 Å². The molecule has 0 bridgehead atoms. The van der Waals surface area contributed by atoms with E-state index in [1.165, 1.54) is 18.2 Å². The summed E-state index contributed by atoms with van der Waals surface area (Å²) < 4.78 is 0. The summed E-state index contributed by atoms with van der Waals surface area (Å²) in [5, 5.41) is 35.8. The van der Waals surface area contributed by atoms with Gasteiger partial charge in [0, 0.05) is 0 Å². The molecule has 0 heterocycles. The molecule has 0 aliphatic carbocycles. The molecular formula is C19H14N2O4. The average Bonchev–Trinajstić information content (AvgIpc) is 2.62. The fourth-order valence-electron chi connectivity index (χ4n) is 2.25. The lowest BCUT2D eigenvalue weighted by Crippen LogP contribution is -1.95. The summed E-state index contributed by atoms with van der Waals surface area (Å²) in [4.78, 5) is 11.0. The molecule has 0 unspecified atom stereocenters. The van der Waals surface area contributed by atoms with E-state index in [0.29, 0.717) is 11.4 Å². The van der Waals surface area contributed by atoms with Crippen LogP contribution >= 0.6 is 0 Å². The second-order valence-electron chi connectivity index (χ2n) is 5.30. The lowest BCUT2D eigenvalue weighted by molar-refractivity contribution is 0.0693. The number of carboxylic acids is 1. The molecule has 6 nitrogen and oxygen atoms in total. The highest BCUT2D eigenvalue weighted by Crippen LogP contribution is 2.27. The highest BCUT2D eigenvalue weighted by atomic mass is 16.4. The molecule has 0 radical (unpaired) electrons. The fourth-order valence-corrected chi connectivity index (χ4v) is 2.25. The van der Waals surface area contributed by atoms with Gasteiger partial charge in [-0.2, -0.15) is 10.2 Å². The van der Waals surface area contributed by atoms with Crippen LogP contribution in [0.1, 0.15) is 10.4 Å². The fraction of sp³-hybridized carbons (Fsp3) is 0. The molecule has 0 aliphatic rings. The number of hydrogen-bond donors (Lipinski definition) is 3. The zero-order chi connectivity index (χ0) is 17.8. The Bertz CT molecular complexity index is 933. The number of carboxylic acid groups (broad SMARTS) is 1. The highest BCUT2D eigenvalue weighted by molar-refractivity contribution is 5.91. The largest absolute Gasteiger partial charge is 0.508 e. The van der Waals surface area contributed by atoms with Crippen LogP contribution < -0.4 is 0 Å². The van der Waals surface area contributed by atoms with Crippen LogP contribution in [0.25, 0.3) is 11.1 Å². The van der Waals surface area contributed by atoms with Crippen LogP contribution in [0.5, 0.6) is 11.5 Å². The molecule has 0 amide bonds. The van der Waals surface area contributed by atoms with Crippen molar-refractivity contribution in [3.05, 3.63) is 72.3 Å². The second kappa shape index (κ2) is 6.84. The molecule has 124 valence electrons. The number of benzene rings is 3. The van der Waals surface area contributed by atoms with Gasteiger partial charge in [-0.1, -0.05) is 24.3 Å². The van der Waals surface area contributed by atoms with Gasteiger partial charge in [0.25, 0.3) is 0 Å². The van der Waals surface area contributed by atoms with Crippen LogP contribution in [0.15, 0.2) is 77.0 Å². The van der Waals surface area contributed by atoms with Crippen molar-refractivity contribution >= 4 is 17.3 Å². The molecule has 6 heteroatoms. The van der Waals surface area contributed by atoms with E-state index in [1.54, 1.807) is 24.3 Å². The van der Waals surface area contributed by atoms with E-state index in [2.05, 4.69) is 10.2 Å². The van der Waals surface area contributed by atoms with Gasteiger partial charge in [0.05, 0.1) is 11.4 Å². The van der Waals surface area contributed by atoms with Crippen LogP contribution in [0.2, 0.25) is 0 Å². The van der Waals surface area contributed by atoms with Crippen molar-refractivity contribution < 1.29 is 20.1 Å². The maximum Gasteiger partial charge on any atom is 0.339 e. The molecule has 3 aromatic rings. The third kappa shape index (κ3) is 3.81. The maximum atomic E-state index is 11.0. The molecule has 3 N–H and O–H groups in total. The van der Waals surface area contributed by atoms with Gasteiger partial charge in [0.1, 0.15) is 17.1 Å². The van der Waals surface area contributed by atoms with Crippen LogP contribution in [0.3, 0.4) is 0 Å². The van der Waals surface area contributed by atoms with E-state index in [-0.39, 0.29) is 17.1 Å². The number of rotatable bonds is 4. The van der Waals surface area contributed by atoms with Crippen LogP contribution in [-0.2, 0) is 0 Å². The Hall–Kier alpha value is -3.67. The number of aromatic hydroxyl groups is 2. The van der Waals surface area contributed by atoms with Crippen molar-refractivity contribution in [1.82, 2.24) is 0 Å². The monoisotopic (exact) mass is 334 g/mol. The molecular weight excluding hydrogens is 320 g/mol. The standard InChI is InChI=1S/C19H14N2O4/c22-16-8-3-13(4-9-16)12-1-5-14(6-2-12)20-21-15-7-10-18(23)17(11-15)19(24)25/h1-11,22-23H,(H,24,25). The van der Waals surface area contributed by atoms with Crippen molar-refractivity contribution in [2.24, 2.45) is 10.2 Å². The predicted octanol–water partition coefficient (Wildman–Crippen LogP) is 4.88. The minimum absolute atomic E-state index is 0.212. The predicted molar refractivity (Wildman–Crippen MR) is 92.8 cm³/mol. The Labute approximate surface area is 143 Å². The van der Waals surface area contributed by atoms with E-state index in [4.69, 9.17) is 5.11 Å². The van der Waals surface area contributed by atoms with Gasteiger partial charge in [0.15, 0.2) is 0 Å². The topological polar surface area (TPSA) is 102 Å². The summed E-state index contributed by atoms with van der Waals surface area (Å²) in [7, 11) is 0. The summed E-state index contributed by atoms with van der Waals surface area (Å²) in [6.45, 7) is 0. The van der Waals surface area contributed by atoms with Crippen LogP contribution in [0, 0.1) is 0 Å². The van der Waals surface area contributed by atoms with Gasteiger partial charge >= 0.3 is 5.97 Å². The minimum Gasteiger partial charge on any atom is -0.508 e. The van der Waals surface area contributed by atoms with E-state index >= 15 is 0 Å². The van der Waals surface area contributed by atoms with E-state index in [0.717, 1.165) is 11.1 Å². The average molecular weight is 334 g/mol. The molecule has 0 aliphatic heterocycles. The lowest BCUT2D eigenvalue weighted by Gasteiger charge is -2.02. The first-order chi connectivity index (χ1) is 12.0. The Morgan fingerprint density at radius 3 is 1.84 bits per heavy atom. The van der Waals surface area contributed by atoms with Gasteiger partial charge in [0.2, 0.25) is 0 Å². The number of carbonyl (C=O) groups is 1. The molecule has 25 heavy (non-hydrogen) atoms. The number of phenolic OH excluding ortho intramolecular Hbond substituents is 1. The molecule has 0 atom stereocenters. The summed E-state index contributed by atoms with van der Waals surface area (Å²) in [5.41, 5.74) is 2.65. The van der Waals surface area contributed by atoms with Crippen molar-refractivity contribution in [3.8, 4) is 22.6 Å². The Morgan fingerprint density at radius 2 is 1.24 bits per heavy atom. The van der Waals surface area contributed by atoms with Gasteiger partial charge in [-0.3, -0.25) is 0 Å². The highest BCUT2D eigenvalue weighted by Gasteiger charge is 2.09. The molecule has 0 aromatic heterocycles. The molecule has 3 rings (SSSR count). The summed E-state index contributed by atoms with van der Waals surface area (Å²) in [6, 6.07) is 18.2. The molecule has 3 aromatic carbocycles.